The monoisotopic (exact) mass is 622 g/mol. The van der Waals surface area contributed by atoms with Gasteiger partial charge in [-0.2, -0.15) is 0 Å². The Bertz CT molecular complexity index is 1490. The summed E-state index contributed by atoms with van der Waals surface area (Å²) in [5.41, 5.74) is 6.26. The Labute approximate surface area is 278 Å². The SMILES string of the molecule is CC1(C)C(O)CCC2(C)C1CCC1(C)C3CCC4(Cc5cccc(C6(Cc7ccc(C(=O)O)cc7)CC6)c5)CCCC4C3CCC12. The lowest BCUT2D eigenvalue weighted by atomic mass is 9.36. The number of benzene rings is 2. The highest BCUT2D eigenvalue weighted by Gasteiger charge is 2.66. The molecule has 2 N–H and O–H groups in total. The van der Waals surface area contributed by atoms with Crippen molar-refractivity contribution in [1.29, 1.82) is 0 Å². The molecule has 9 unspecified atom stereocenters. The van der Waals surface area contributed by atoms with Gasteiger partial charge in [-0.15, -0.1) is 0 Å². The first-order valence-corrected chi connectivity index (χ1v) is 19.0. The van der Waals surface area contributed by atoms with Gasteiger partial charge in [-0.1, -0.05) is 70.5 Å². The average molecular weight is 623 g/mol. The number of hydrogen-bond donors (Lipinski definition) is 2. The van der Waals surface area contributed by atoms with Crippen molar-refractivity contribution in [3.05, 3.63) is 70.8 Å². The van der Waals surface area contributed by atoms with Crippen LogP contribution in [-0.4, -0.2) is 22.3 Å². The van der Waals surface area contributed by atoms with E-state index >= 15 is 0 Å². The van der Waals surface area contributed by atoms with Crippen LogP contribution in [0, 0.1) is 51.2 Å². The largest absolute Gasteiger partial charge is 0.478 e. The fourth-order valence-electron chi connectivity index (χ4n) is 13.9. The van der Waals surface area contributed by atoms with Crippen LogP contribution in [0.4, 0.5) is 0 Å². The van der Waals surface area contributed by atoms with Gasteiger partial charge in [0, 0.05) is 0 Å². The van der Waals surface area contributed by atoms with Gasteiger partial charge in [-0.25, -0.2) is 4.79 Å². The topological polar surface area (TPSA) is 57.5 Å². The van der Waals surface area contributed by atoms with E-state index in [1.54, 1.807) is 17.7 Å². The summed E-state index contributed by atoms with van der Waals surface area (Å²) in [6.07, 6.45) is 19.4. The number of carboxylic acids is 1. The van der Waals surface area contributed by atoms with Crippen LogP contribution in [0.25, 0.3) is 0 Å². The van der Waals surface area contributed by atoms with Gasteiger partial charge in [0.2, 0.25) is 0 Å². The molecule has 0 aromatic heterocycles. The van der Waals surface area contributed by atoms with Gasteiger partial charge in [-0.05, 0) is 175 Å². The summed E-state index contributed by atoms with van der Waals surface area (Å²) in [7, 11) is 0. The number of hydrogen-bond acceptors (Lipinski definition) is 2. The molecular formula is C43H58O3. The van der Waals surface area contributed by atoms with Gasteiger partial charge >= 0.3 is 5.97 Å². The summed E-state index contributed by atoms with van der Waals surface area (Å²) in [4.78, 5) is 11.4. The summed E-state index contributed by atoms with van der Waals surface area (Å²) < 4.78 is 0. The summed E-state index contributed by atoms with van der Waals surface area (Å²) in [5.74, 6) is 3.27. The number of aromatic carboxylic acids is 1. The number of carboxylic acid groups (broad SMARTS) is 1. The molecule has 9 atom stereocenters. The summed E-state index contributed by atoms with van der Waals surface area (Å²) in [5, 5.41) is 20.4. The molecule has 2 aromatic rings. The molecule has 0 saturated heterocycles. The Morgan fingerprint density at radius 2 is 1.48 bits per heavy atom. The standard InChI is InChI=1S/C43H58O3/c1-39(2)35-17-20-40(3)33-16-22-43(19-6-9-34(43)32(33)14-15-36(40)41(35,4)21-18-37(39)44)27-29-7-5-8-31(25-29)42(23-24-42)26-28-10-12-30(13-11-28)38(45)46/h5,7-8,10-13,25,32-37,44H,6,9,14-24,26-27H2,1-4H3,(H,45,46). The van der Waals surface area contributed by atoms with E-state index in [2.05, 4.69) is 52.0 Å². The highest BCUT2D eigenvalue weighted by molar-refractivity contribution is 5.87. The van der Waals surface area contributed by atoms with Crippen molar-refractivity contribution in [2.45, 2.75) is 136 Å². The van der Waals surface area contributed by atoms with Crippen molar-refractivity contribution in [3.63, 3.8) is 0 Å². The van der Waals surface area contributed by atoms with Crippen LogP contribution in [0.1, 0.15) is 138 Å². The maximum Gasteiger partial charge on any atom is 0.335 e. The van der Waals surface area contributed by atoms with Crippen LogP contribution in [0.15, 0.2) is 48.5 Å². The molecule has 0 spiro atoms. The second-order valence-electron chi connectivity index (χ2n) is 18.6. The zero-order valence-corrected chi connectivity index (χ0v) is 29.0. The van der Waals surface area contributed by atoms with Gasteiger partial charge in [0.15, 0.2) is 0 Å². The number of aliphatic hydroxyl groups excluding tert-OH is 1. The molecule has 3 heteroatoms. The Morgan fingerprint density at radius 3 is 2.22 bits per heavy atom. The molecule has 0 aliphatic heterocycles. The van der Waals surface area contributed by atoms with E-state index in [9.17, 15) is 15.0 Å². The van der Waals surface area contributed by atoms with Crippen molar-refractivity contribution in [2.75, 3.05) is 0 Å². The van der Waals surface area contributed by atoms with Crippen LogP contribution in [0.5, 0.6) is 0 Å². The quantitative estimate of drug-likeness (QED) is 0.337. The molecule has 3 nitrogen and oxygen atoms in total. The van der Waals surface area contributed by atoms with E-state index in [4.69, 9.17) is 0 Å². The maximum absolute atomic E-state index is 11.4. The Balaban J connectivity index is 1.01. The predicted molar refractivity (Wildman–Crippen MR) is 185 cm³/mol. The number of rotatable bonds is 6. The lowest BCUT2D eigenvalue weighted by molar-refractivity contribution is -0.214. The van der Waals surface area contributed by atoms with Gasteiger partial charge < -0.3 is 10.2 Å². The molecule has 2 aromatic carbocycles. The lowest BCUT2D eigenvalue weighted by Crippen LogP contribution is -2.63. The number of aliphatic hydroxyl groups is 1. The van der Waals surface area contributed by atoms with E-state index in [1.165, 1.54) is 94.6 Å². The minimum absolute atomic E-state index is 0.0386. The van der Waals surface area contributed by atoms with Crippen LogP contribution in [-0.2, 0) is 18.3 Å². The zero-order chi connectivity index (χ0) is 32.1. The van der Waals surface area contributed by atoms with Crippen LogP contribution in [0.3, 0.4) is 0 Å². The molecule has 0 amide bonds. The predicted octanol–water partition coefficient (Wildman–Crippen LogP) is 10.0. The van der Waals surface area contributed by atoms with Crippen LogP contribution in [0.2, 0.25) is 0 Å². The third kappa shape index (κ3) is 4.63. The number of fused-ring (bicyclic) bond motifs is 7. The molecule has 6 aliphatic rings. The second kappa shape index (κ2) is 10.7. The molecule has 6 fully saturated rings. The van der Waals surface area contributed by atoms with Crippen LogP contribution >= 0.6 is 0 Å². The third-order valence-electron chi connectivity index (χ3n) is 16.4. The fraction of sp³-hybridized carbons (Fsp3) is 0.698. The highest BCUT2D eigenvalue weighted by atomic mass is 16.4. The Morgan fingerprint density at radius 1 is 0.717 bits per heavy atom. The van der Waals surface area contributed by atoms with Crippen molar-refractivity contribution in [2.24, 2.45) is 51.2 Å². The van der Waals surface area contributed by atoms with E-state index in [0.29, 0.717) is 27.7 Å². The number of carbonyl (C=O) groups is 1. The first kappa shape index (κ1) is 31.2. The molecule has 6 aliphatic carbocycles. The van der Waals surface area contributed by atoms with Crippen molar-refractivity contribution >= 4 is 5.97 Å². The molecule has 0 bridgehead atoms. The lowest BCUT2D eigenvalue weighted by Gasteiger charge is -2.69. The normalized spacial score (nSPS) is 41.8. The first-order chi connectivity index (χ1) is 21.9. The smallest absolute Gasteiger partial charge is 0.335 e. The van der Waals surface area contributed by atoms with Crippen molar-refractivity contribution in [3.8, 4) is 0 Å². The second-order valence-corrected chi connectivity index (χ2v) is 18.6. The first-order valence-electron chi connectivity index (χ1n) is 19.0. The molecular weight excluding hydrogens is 564 g/mol. The summed E-state index contributed by atoms with van der Waals surface area (Å²) in [6.45, 7) is 10.1. The van der Waals surface area contributed by atoms with Crippen molar-refractivity contribution in [1.82, 2.24) is 0 Å². The molecule has 46 heavy (non-hydrogen) atoms. The third-order valence-corrected chi connectivity index (χ3v) is 16.4. The Kier molecular flexibility index (Phi) is 7.24. The van der Waals surface area contributed by atoms with Gasteiger partial charge in [0.25, 0.3) is 0 Å². The molecule has 0 radical (unpaired) electrons. The highest BCUT2D eigenvalue weighted by Crippen LogP contribution is 2.73. The van der Waals surface area contributed by atoms with E-state index < -0.39 is 5.97 Å². The van der Waals surface area contributed by atoms with Crippen LogP contribution < -0.4 is 0 Å². The minimum Gasteiger partial charge on any atom is -0.478 e. The van der Waals surface area contributed by atoms with E-state index in [1.807, 2.05) is 12.1 Å². The summed E-state index contributed by atoms with van der Waals surface area (Å²) in [6, 6.07) is 17.3. The maximum atomic E-state index is 11.4. The van der Waals surface area contributed by atoms with Gasteiger partial charge in [0.1, 0.15) is 0 Å². The van der Waals surface area contributed by atoms with Crippen molar-refractivity contribution < 1.29 is 15.0 Å². The van der Waals surface area contributed by atoms with Gasteiger partial charge in [-0.3, -0.25) is 0 Å². The molecule has 0 heterocycles. The van der Waals surface area contributed by atoms with E-state index in [0.717, 1.165) is 36.5 Å². The summed E-state index contributed by atoms with van der Waals surface area (Å²) >= 11 is 0. The Hall–Kier alpha value is -2.13. The average Bonchev–Trinajstić information content (AvgIpc) is 3.68. The van der Waals surface area contributed by atoms with E-state index in [-0.39, 0.29) is 16.9 Å². The minimum atomic E-state index is -0.850. The zero-order valence-electron chi connectivity index (χ0n) is 29.0. The molecule has 8 rings (SSSR count). The fourth-order valence-corrected chi connectivity index (χ4v) is 13.9. The molecule has 248 valence electrons. The van der Waals surface area contributed by atoms with Gasteiger partial charge in [0.05, 0.1) is 11.7 Å². The molecule has 6 saturated carbocycles.